The number of aromatic nitrogens is 4. The number of carbonyl (C=O) groups is 1. The largest absolute Gasteiger partial charge is 0.453 e. The molecule has 1 N–H and O–H groups in total. The van der Waals surface area contributed by atoms with E-state index in [2.05, 4.69) is 9.97 Å². The number of hydrogen-bond donors (Lipinski definition) is 1. The number of ether oxygens (including phenoxy) is 1. The number of imidazole rings is 1. The molecule has 0 fully saturated rings. The van der Waals surface area contributed by atoms with Crippen LogP contribution in [-0.4, -0.2) is 25.1 Å². The van der Waals surface area contributed by atoms with Crippen molar-refractivity contribution in [2.75, 3.05) is 0 Å². The maximum absolute atomic E-state index is 12.5. The maximum Gasteiger partial charge on any atom is 0.348 e. The molecule has 3 rings (SSSR count). The molecule has 3 aromatic rings. The highest BCUT2D eigenvalue weighted by Gasteiger charge is 2.20. The Morgan fingerprint density at radius 2 is 2.00 bits per heavy atom. The summed E-state index contributed by atoms with van der Waals surface area (Å²) in [6.45, 7) is 8.80. The van der Waals surface area contributed by atoms with E-state index in [9.17, 15) is 14.4 Å². The first kappa shape index (κ1) is 21.0. The highest BCUT2D eigenvalue weighted by molar-refractivity contribution is 7.14. The number of fused-ring (bicyclic) bond motifs is 1. The van der Waals surface area contributed by atoms with Gasteiger partial charge in [-0.2, -0.15) is 0 Å². The van der Waals surface area contributed by atoms with Gasteiger partial charge in [0.1, 0.15) is 17.3 Å². The summed E-state index contributed by atoms with van der Waals surface area (Å²) < 4.78 is 8.65. The zero-order chi connectivity index (χ0) is 21.1. The Kier molecular flexibility index (Phi) is 6.36. The number of nitrogens with one attached hydrogen (secondary N) is 1. The van der Waals surface area contributed by atoms with Crippen molar-refractivity contribution in [3.8, 4) is 0 Å². The second-order valence-corrected chi connectivity index (χ2v) is 7.99. The van der Waals surface area contributed by atoms with Gasteiger partial charge in [0, 0.05) is 18.0 Å². The third-order valence-corrected chi connectivity index (χ3v) is 6.25. The normalized spacial score (nSPS) is 11.3. The van der Waals surface area contributed by atoms with E-state index in [0.717, 1.165) is 29.7 Å². The molecule has 3 aromatic heterocycles. The number of esters is 1. The molecule has 3 heterocycles. The first-order chi connectivity index (χ1) is 13.9. The van der Waals surface area contributed by atoms with E-state index in [-0.39, 0.29) is 6.61 Å². The minimum Gasteiger partial charge on any atom is -0.453 e. The quantitative estimate of drug-likeness (QED) is 0.567. The van der Waals surface area contributed by atoms with Gasteiger partial charge in [-0.15, -0.1) is 11.3 Å². The van der Waals surface area contributed by atoms with Crippen LogP contribution in [0.1, 0.15) is 59.5 Å². The van der Waals surface area contributed by atoms with Crippen LogP contribution < -0.4 is 11.2 Å². The Morgan fingerprint density at radius 3 is 2.62 bits per heavy atom. The van der Waals surface area contributed by atoms with Gasteiger partial charge in [-0.1, -0.05) is 20.3 Å². The van der Waals surface area contributed by atoms with Crippen molar-refractivity contribution in [2.24, 2.45) is 0 Å². The van der Waals surface area contributed by atoms with Gasteiger partial charge in [0.2, 0.25) is 0 Å². The summed E-state index contributed by atoms with van der Waals surface area (Å²) in [5, 5.41) is 0. The Labute approximate surface area is 172 Å². The number of rotatable bonds is 8. The van der Waals surface area contributed by atoms with Crippen LogP contribution in [0.4, 0.5) is 0 Å². The number of nitrogens with zero attached hydrogens (tertiary/aromatic N) is 3. The second-order valence-electron chi connectivity index (χ2n) is 6.86. The molecule has 29 heavy (non-hydrogen) atoms. The maximum atomic E-state index is 12.5. The van der Waals surface area contributed by atoms with E-state index < -0.39 is 17.2 Å². The Morgan fingerprint density at radius 1 is 1.24 bits per heavy atom. The number of hydrogen-bond acceptors (Lipinski definition) is 6. The summed E-state index contributed by atoms with van der Waals surface area (Å²) in [5.74, 6) is 0.0333. The van der Waals surface area contributed by atoms with Gasteiger partial charge in [-0.25, -0.2) is 14.6 Å². The fourth-order valence-electron chi connectivity index (χ4n) is 3.36. The fraction of sp³-hybridized carbons (Fsp3) is 0.500. The fourth-order valence-corrected chi connectivity index (χ4v) is 4.37. The van der Waals surface area contributed by atoms with Gasteiger partial charge in [-0.05, 0) is 38.3 Å². The van der Waals surface area contributed by atoms with Crippen LogP contribution in [0.15, 0.2) is 15.7 Å². The van der Waals surface area contributed by atoms with Crippen molar-refractivity contribution in [2.45, 2.75) is 66.7 Å². The lowest BCUT2D eigenvalue weighted by molar-refractivity contribution is 0.0464. The first-order valence-corrected chi connectivity index (χ1v) is 10.7. The number of unbranched alkanes of at least 4 members (excludes halogenated alkanes) is 1. The molecule has 0 spiro atoms. The molecule has 8 nitrogen and oxygen atoms in total. The molecule has 0 unspecified atom stereocenters. The molecule has 0 aliphatic rings. The molecular weight excluding hydrogens is 392 g/mol. The lowest BCUT2D eigenvalue weighted by atomic mass is 10.2. The van der Waals surface area contributed by atoms with Gasteiger partial charge in [0.15, 0.2) is 11.2 Å². The molecule has 0 saturated carbocycles. The van der Waals surface area contributed by atoms with Gasteiger partial charge in [0.05, 0.1) is 0 Å². The van der Waals surface area contributed by atoms with Gasteiger partial charge < -0.3 is 9.30 Å². The molecule has 0 radical (unpaired) electrons. The second kappa shape index (κ2) is 8.77. The molecule has 0 aliphatic carbocycles. The SMILES string of the molecule is CCCCn1c(=O)[nH]c(=O)c2c1nc(COC(=O)c1cc(C)c(CC)s1)n2CC. The van der Waals surface area contributed by atoms with Crippen molar-refractivity contribution in [3.63, 3.8) is 0 Å². The van der Waals surface area contributed by atoms with E-state index in [0.29, 0.717) is 35.0 Å². The predicted molar refractivity (Wildman–Crippen MR) is 113 cm³/mol. The average Bonchev–Trinajstić information content (AvgIpc) is 3.26. The zero-order valence-corrected chi connectivity index (χ0v) is 18.0. The predicted octanol–water partition coefficient (Wildman–Crippen LogP) is 3.00. The van der Waals surface area contributed by atoms with E-state index in [4.69, 9.17) is 4.74 Å². The monoisotopic (exact) mass is 418 g/mol. The van der Waals surface area contributed by atoms with E-state index >= 15 is 0 Å². The van der Waals surface area contributed by atoms with Crippen molar-refractivity contribution >= 4 is 28.5 Å². The lowest BCUT2D eigenvalue weighted by Gasteiger charge is -2.07. The average molecular weight is 419 g/mol. The molecule has 0 amide bonds. The molecule has 0 aromatic carbocycles. The Hall–Kier alpha value is -2.68. The summed E-state index contributed by atoms with van der Waals surface area (Å²) in [6, 6.07) is 1.84. The zero-order valence-electron chi connectivity index (χ0n) is 17.2. The number of H-pyrrole nitrogens is 1. The summed E-state index contributed by atoms with van der Waals surface area (Å²) in [6.07, 6.45) is 2.57. The molecular formula is C20H26N4O4S. The highest BCUT2D eigenvalue weighted by atomic mass is 32.1. The van der Waals surface area contributed by atoms with E-state index in [1.54, 1.807) is 4.57 Å². The van der Waals surface area contributed by atoms with E-state index in [1.165, 1.54) is 15.9 Å². The third kappa shape index (κ3) is 4.05. The molecule has 0 bridgehead atoms. The molecule has 156 valence electrons. The van der Waals surface area contributed by atoms with Crippen LogP contribution in [0.5, 0.6) is 0 Å². The van der Waals surface area contributed by atoms with Gasteiger partial charge in [0.25, 0.3) is 5.56 Å². The number of carbonyl (C=O) groups excluding carboxylic acids is 1. The standard InChI is InChI=1S/C20H26N4O4S/c1-5-8-9-24-17-16(18(25)22-20(24)27)23(7-3)15(21-17)11-28-19(26)14-10-12(4)13(6-2)29-14/h10H,5-9,11H2,1-4H3,(H,22,25,27). The number of aryl methyl sites for hydroxylation is 4. The highest BCUT2D eigenvalue weighted by Crippen LogP contribution is 2.23. The molecule has 9 heteroatoms. The van der Waals surface area contributed by atoms with E-state index in [1.807, 2.05) is 33.8 Å². The smallest absolute Gasteiger partial charge is 0.348 e. The van der Waals surface area contributed by atoms with Crippen molar-refractivity contribution in [1.29, 1.82) is 0 Å². The van der Waals surface area contributed by atoms with Crippen LogP contribution >= 0.6 is 11.3 Å². The van der Waals surface area contributed by atoms with Crippen LogP contribution in [0.3, 0.4) is 0 Å². The van der Waals surface area contributed by atoms with Crippen LogP contribution in [0.2, 0.25) is 0 Å². The Bertz CT molecular complexity index is 1150. The summed E-state index contributed by atoms with van der Waals surface area (Å²) in [4.78, 5) is 45.7. The van der Waals surface area contributed by atoms with Crippen LogP contribution in [0, 0.1) is 6.92 Å². The van der Waals surface area contributed by atoms with Crippen molar-refractivity contribution in [1.82, 2.24) is 19.1 Å². The summed E-state index contributed by atoms with van der Waals surface area (Å²) >= 11 is 1.43. The first-order valence-electron chi connectivity index (χ1n) is 9.89. The molecule has 0 aliphatic heterocycles. The van der Waals surface area contributed by atoms with Crippen LogP contribution in [0.25, 0.3) is 11.2 Å². The Balaban J connectivity index is 1.94. The van der Waals surface area contributed by atoms with Crippen LogP contribution in [-0.2, 0) is 30.9 Å². The summed E-state index contributed by atoms with van der Waals surface area (Å²) in [7, 11) is 0. The third-order valence-electron chi connectivity index (χ3n) is 4.89. The molecule has 0 saturated heterocycles. The number of thiophene rings is 1. The van der Waals surface area contributed by atoms with Crippen molar-refractivity contribution < 1.29 is 9.53 Å². The van der Waals surface area contributed by atoms with Gasteiger partial charge in [-0.3, -0.25) is 14.3 Å². The van der Waals surface area contributed by atoms with Gasteiger partial charge >= 0.3 is 11.7 Å². The summed E-state index contributed by atoms with van der Waals surface area (Å²) in [5.41, 5.74) is 0.791. The number of aromatic amines is 1. The topological polar surface area (TPSA) is 99.0 Å². The van der Waals surface area contributed by atoms with Crippen molar-refractivity contribution in [3.05, 3.63) is 48.0 Å². The lowest BCUT2D eigenvalue weighted by Crippen LogP contribution is -2.31. The molecule has 0 atom stereocenters. The minimum absolute atomic E-state index is 0.0683. The minimum atomic E-state index is -0.480.